The van der Waals surface area contributed by atoms with E-state index in [0.717, 1.165) is 35.0 Å². The van der Waals surface area contributed by atoms with Gasteiger partial charge in [0.2, 0.25) is 0 Å². The number of likely N-dealkylation sites (tertiary alicyclic amines) is 1. The number of carbonyl (C=O) groups excluding carboxylic acids is 1. The molecule has 9 nitrogen and oxygen atoms in total. The second kappa shape index (κ2) is 7.33. The van der Waals surface area contributed by atoms with Gasteiger partial charge in [-0.1, -0.05) is 0 Å². The fraction of sp³-hybridized carbons (Fsp3) is 0.333. The lowest BCUT2D eigenvalue weighted by atomic mass is 9.94. The van der Waals surface area contributed by atoms with Crippen LogP contribution < -0.4 is 9.47 Å². The fourth-order valence-electron chi connectivity index (χ4n) is 4.26. The average Bonchev–Trinajstić information content (AvgIpc) is 3.42. The number of H-pyrrole nitrogens is 2. The van der Waals surface area contributed by atoms with Gasteiger partial charge in [-0.15, -0.1) is 0 Å². The van der Waals surface area contributed by atoms with Gasteiger partial charge in [0, 0.05) is 36.8 Å². The molecule has 4 heterocycles. The van der Waals surface area contributed by atoms with Crippen molar-refractivity contribution in [2.75, 3.05) is 27.3 Å². The molecule has 4 aromatic rings. The smallest absolute Gasteiger partial charge is 0.270 e. The number of fused-ring (bicyclic) bond motifs is 2. The first kappa shape index (κ1) is 18.4. The number of nitrogens with one attached hydrogen (secondary N) is 2. The summed E-state index contributed by atoms with van der Waals surface area (Å²) in [6.45, 7) is 1.31. The van der Waals surface area contributed by atoms with Crippen molar-refractivity contribution >= 4 is 28.0 Å². The van der Waals surface area contributed by atoms with Crippen molar-refractivity contribution in [3.63, 3.8) is 0 Å². The zero-order valence-corrected chi connectivity index (χ0v) is 16.8. The van der Waals surface area contributed by atoms with E-state index in [-0.39, 0.29) is 11.8 Å². The Labute approximate surface area is 172 Å². The lowest BCUT2D eigenvalue weighted by Gasteiger charge is -2.32. The van der Waals surface area contributed by atoms with E-state index in [9.17, 15) is 4.79 Å². The van der Waals surface area contributed by atoms with E-state index in [4.69, 9.17) is 9.47 Å². The number of methoxy groups -OCH3 is 2. The molecule has 1 amide bonds. The average molecular weight is 406 g/mol. The van der Waals surface area contributed by atoms with Crippen molar-refractivity contribution in [2.24, 2.45) is 0 Å². The summed E-state index contributed by atoms with van der Waals surface area (Å²) in [5.41, 5.74) is 3.69. The molecule has 154 valence electrons. The SMILES string of the molecule is COc1ccc2[nH]c(C(=O)N3CCCC(c4[nH]nc5nccnc45)C3)cc2c1OC. The molecular formula is C21H22N6O3. The van der Waals surface area contributed by atoms with E-state index in [2.05, 4.69) is 25.1 Å². The molecular weight excluding hydrogens is 384 g/mol. The van der Waals surface area contributed by atoms with E-state index in [0.29, 0.717) is 35.9 Å². The van der Waals surface area contributed by atoms with Gasteiger partial charge in [0.15, 0.2) is 17.1 Å². The van der Waals surface area contributed by atoms with E-state index in [1.54, 1.807) is 26.6 Å². The highest BCUT2D eigenvalue weighted by molar-refractivity contribution is 6.00. The highest BCUT2D eigenvalue weighted by Crippen LogP contribution is 2.36. The molecule has 0 bridgehead atoms. The maximum absolute atomic E-state index is 13.3. The van der Waals surface area contributed by atoms with Crippen LogP contribution in [0.5, 0.6) is 11.5 Å². The van der Waals surface area contributed by atoms with Crippen molar-refractivity contribution in [3.05, 3.63) is 42.0 Å². The number of hydrogen-bond acceptors (Lipinski definition) is 6. The predicted octanol–water partition coefficient (Wildman–Crippen LogP) is 2.87. The summed E-state index contributed by atoms with van der Waals surface area (Å²) in [4.78, 5) is 27.0. The predicted molar refractivity (Wildman–Crippen MR) is 111 cm³/mol. The molecule has 30 heavy (non-hydrogen) atoms. The van der Waals surface area contributed by atoms with Crippen LogP contribution in [0.1, 0.15) is 34.9 Å². The van der Waals surface area contributed by atoms with Crippen LogP contribution >= 0.6 is 0 Å². The number of rotatable bonds is 4. The highest BCUT2D eigenvalue weighted by Gasteiger charge is 2.29. The Balaban J connectivity index is 1.43. The van der Waals surface area contributed by atoms with E-state index < -0.39 is 0 Å². The highest BCUT2D eigenvalue weighted by atomic mass is 16.5. The van der Waals surface area contributed by atoms with Crippen LogP contribution in [0.4, 0.5) is 0 Å². The summed E-state index contributed by atoms with van der Waals surface area (Å²) >= 11 is 0. The molecule has 5 rings (SSSR count). The van der Waals surface area contributed by atoms with Crippen molar-refractivity contribution in [1.29, 1.82) is 0 Å². The Bertz CT molecular complexity index is 1230. The van der Waals surface area contributed by atoms with Gasteiger partial charge < -0.3 is 19.4 Å². The van der Waals surface area contributed by atoms with Crippen LogP contribution in [0.15, 0.2) is 30.6 Å². The largest absolute Gasteiger partial charge is 0.493 e. The minimum absolute atomic E-state index is 0.0353. The summed E-state index contributed by atoms with van der Waals surface area (Å²) in [6, 6.07) is 5.55. The van der Waals surface area contributed by atoms with Gasteiger partial charge in [-0.2, -0.15) is 5.10 Å². The van der Waals surface area contributed by atoms with Gasteiger partial charge in [0.05, 0.1) is 25.4 Å². The number of nitrogens with zero attached hydrogens (tertiary/aromatic N) is 4. The Morgan fingerprint density at radius 1 is 1.20 bits per heavy atom. The maximum Gasteiger partial charge on any atom is 0.270 e. The number of amides is 1. The molecule has 9 heteroatoms. The topological polar surface area (TPSA) is 109 Å². The lowest BCUT2D eigenvalue weighted by Crippen LogP contribution is -2.39. The summed E-state index contributed by atoms with van der Waals surface area (Å²) < 4.78 is 10.9. The minimum atomic E-state index is -0.0353. The third kappa shape index (κ3) is 2.94. The number of ether oxygens (including phenoxy) is 2. The number of piperidine rings is 1. The summed E-state index contributed by atoms with van der Waals surface area (Å²) in [5.74, 6) is 1.35. The zero-order chi connectivity index (χ0) is 20.7. The first-order valence-corrected chi connectivity index (χ1v) is 9.87. The van der Waals surface area contributed by atoms with Crippen molar-refractivity contribution < 1.29 is 14.3 Å². The molecule has 0 saturated carbocycles. The fourth-order valence-corrected chi connectivity index (χ4v) is 4.26. The third-order valence-electron chi connectivity index (χ3n) is 5.71. The van der Waals surface area contributed by atoms with Crippen molar-refractivity contribution in [1.82, 2.24) is 30.0 Å². The Hall–Kier alpha value is -3.62. The first-order chi connectivity index (χ1) is 14.7. The van der Waals surface area contributed by atoms with Gasteiger partial charge in [-0.3, -0.25) is 9.89 Å². The minimum Gasteiger partial charge on any atom is -0.493 e. The van der Waals surface area contributed by atoms with Gasteiger partial charge in [-0.25, -0.2) is 9.97 Å². The molecule has 1 fully saturated rings. The number of aromatic amines is 2. The number of benzene rings is 1. The van der Waals surface area contributed by atoms with Gasteiger partial charge in [0.25, 0.3) is 5.91 Å². The normalized spacial score (nSPS) is 16.9. The number of carbonyl (C=O) groups is 1. The number of aromatic nitrogens is 5. The molecule has 1 aromatic carbocycles. The molecule has 1 aliphatic rings. The molecule has 0 spiro atoms. The van der Waals surface area contributed by atoms with Crippen LogP contribution in [0.25, 0.3) is 22.1 Å². The van der Waals surface area contributed by atoms with Crippen molar-refractivity contribution in [3.8, 4) is 11.5 Å². The number of hydrogen-bond donors (Lipinski definition) is 2. The molecule has 1 saturated heterocycles. The molecule has 1 unspecified atom stereocenters. The summed E-state index contributed by atoms with van der Waals surface area (Å²) in [6.07, 6.45) is 5.17. The van der Waals surface area contributed by atoms with Crippen molar-refractivity contribution in [2.45, 2.75) is 18.8 Å². The van der Waals surface area contributed by atoms with Gasteiger partial charge >= 0.3 is 0 Å². The van der Waals surface area contributed by atoms with Crippen LogP contribution in [0.3, 0.4) is 0 Å². The molecule has 0 radical (unpaired) electrons. The quantitative estimate of drug-likeness (QED) is 0.539. The van der Waals surface area contributed by atoms with E-state index in [1.165, 1.54) is 0 Å². The second-order valence-electron chi connectivity index (χ2n) is 7.40. The van der Waals surface area contributed by atoms with E-state index in [1.807, 2.05) is 23.1 Å². The maximum atomic E-state index is 13.3. The second-order valence-corrected chi connectivity index (χ2v) is 7.40. The molecule has 2 N–H and O–H groups in total. The van der Waals surface area contributed by atoms with Crippen LogP contribution in [0, 0.1) is 0 Å². The monoisotopic (exact) mass is 406 g/mol. The first-order valence-electron chi connectivity index (χ1n) is 9.87. The van der Waals surface area contributed by atoms with Gasteiger partial charge in [-0.05, 0) is 31.0 Å². The molecule has 1 atom stereocenters. The molecule has 1 aliphatic heterocycles. The summed E-state index contributed by atoms with van der Waals surface area (Å²) in [5, 5.41) is 8.16. The van der Waals surface area contributed by atoms with Crippen LogP contribution in [0.2, 0.25) is 0 Å². The standard InChI is InChI=1S/C21H22N6O3/c1-29-16-6-5-14-13(19(16)30-2)10-15(24-14)21(28)27-9-3-4-12(11-27)17-18-20(26-25-17)23-8-7-22-18/h5-8,10,12,24H,3-4,9,11H2,1-2H3,(H,23,25,26). The van der Waals surface area contributed by atoms with Crippen LogP contribution in [-0.2, 0) is 0 Å². The lowest BCUT2D eigenvalue weighted by molar-refractivity contribution is 0.0701. The third-order valence-corrected chi connectivity index (χ3v) is 5.71. The zero-order valence-electron chi connectivity index (χ0n) is 16.8. The van der Waals surface area contributed by atoms with E-state index >= 15 is 0 Å². The molecule has 3 aromatic heterocycles. The Kier molecular flexibility index (Phi) is 4.50. The van der Waals surface area contributed by atoms with Crippen LogP contribution in [-0.4, -0.2) is 63.3 Å². The molecule has 0 aliphatic carbocycles. The Morgan fingerprint density at radius 2 is 2.07 bits per heavy atom. The van der Waals surface area contributed by atoms with Gasteiger partial charge in [0.1, 0.15) is 11.2 Å². The Morgan fingerprint density at radius 3 is 2.90 bits per heavy atom. The summed E-state index contributed by atoms with van der Waals surface area (Å²) in [7, 11) is 3.19.